The number of carbonyl (C=O) groups excluding carboxylic acids is 2. The number of nitrogens with one attached hydrogen (secondary N) is 1. The molecule has 0 saturated heterocycles. The van der Waals surface area contributed by atoms with Gasteiger partial charge in [0, 0.05) is 17.8 Å². The van der Waals surface area contributed by atoms with E-state index in [-0.39, 0.29) is 21.3 Å². The number of halogens is 1. The third-order valence-electron chi connectivity index (χ3n) is 3.70. The number of esters is 1. The fourth-order valence-corrected chi connectivity index (χ4v) is 3.30. The lowest BCUT2D eigenvalue weighted by Gasteiger charge is -2.09. The molecular formula is C18H16ClN3O7S. The fourth-order valence-electron chi connectivity index (χ4n) is 2.30. The van der Waals surface area contributed by atoms with Crippen molar-refractivity contribution in [2.45, 2.75) is 11.8 Å². The lowest BCUT2D eigenvalue weighted by atomic mass is 10.2. The van der Waals surface area contributed by atoms with Gasteiger partial charge in [-0.1, -0.05) is 23.7 Å². The van der Waals surface area contributed by atoms with Crippen LogP contribution in [0.2, 0.25) is 5.02 Å². The van der Waals surface area contributed by atoms with Gasteiger partial charge in [0.15, 0.2) is 6.61 Å². The Hall–Kier alpha value is -3.28. The minimum absolute atomic E-state index is 0.0434. The molecule has 2 rings (SSSR count). The second-order valence-corrected chi connectivity index (χ2v) is 7.92. The zero-order chi connectivity index (χ0) is 22.5. The van der Waals surface area contributed by atoms with Gasteiger partial charge in [0.1, 0.15) is 5.02 Å². The summed E-state index contributed by atoms with van der Waals surface area (Å²) >= 11 is 5.71. The molecule has 0 heterocycles. The molecule has 0 atom stereocenters. The highest BCUT2D eigenvalue weighted by Crippen LogP contribution is 2.25. The number of hydrogen-bond acceptors (Lipinski definition) is 7. The van der Waals surface area contributed by atoms with Crippen LogP contribution >= 0.6 is 11.6 Å². The molecule has 0 aromatic heterocycles. The van der Waals surface area contributed by atoms with E-state index in [1.807, 2.05) is 0 Å². The number of primary sulfonamides is 1. The summed E-state index contributed by atoms with van der Waals surface area (Å²) in [5, 5.41) is 18.3. The first-order chi connectivity index (χ1) is 14.0. The molecular weight excluding hydrogens is 438 g/mol. The Morgan fingerprint density at radius 2 is 1.97 bits per heavy atom. The number of amides is 1. The lowest BCUT2D eigenvalue weighted by molar-refractivity contribution is -0.384. The standard InChI is InChI=1S/C18H16ClN3O7S/c1-11-2-5-13(9-16(11)30(20,27)28)21-17(23)10-29-18(24)7-4-12-3-6-14(19)15(8-12)22(25)26/h2-9H,10H2,1H3,(H,21,23)(H2,20,27,28)/b7-4+. The van der Waals surface area contributed by atoms with Crippen molar-refractivity contribution in [2.75, 3.05) is 11.9 Å². The molecule has 12 heteroatoms. The van der Waals surface area contributed by atoms with Crippen LogP contribution in [0.4, 0.5) is 11.4 Å². The normalized spacial score (nSPS) is 11.3. The first-order valence-electron chi connectivity index (χ1n) is 8.19. The Morgan fingerprint density at radius 3 is 2.60 bits per heavy atom. The van der Waals surface area contributed by atoms with Gasteiger partial charge in [0.05, 0.1) is 9.82 Å². The Balaban J connectivity index is 1.95. The SMILES string of the molecule is Cc1ccc(NC(=O)COC(=O)/C=C/c2ccc(Cl)c([N+](=O)[O-])c2)cc1S(N)(=O)=O. The van der Waals surface area contributed by atoms with Crippen LogP contribution in [-0.4, -0.2) is 31.8 Å². The lowest BCUT2D eigenvalue weighted by Crippen LogP contribution is -2.21. The number of aryl methyl sites for hydroxylation is 1. The van der Waals surface area contributed by atoms with E-state index >= 15 is 0 Å². The highest BCUT2D eigenvalue weighted by atomic mass is 35.5. The van der Waals surface area contributed by atoms with E-state index in [0.717, 1.165) is 6.08 Å². The molecule has 0 unspecified atom stereocenters. The van der Waals surface area contributed by atoms with E-state index in [4.69, 9.17) is 21.5 Å². The molecule has 0 aliphatic rings. The number of carbonyl (C=O) groups is 2. The molecule has 0 bridgehead atoms. The van der Waals surface area contributed by atoms with Crippen molar-refractivity contribution in [1.29, 1.82) is 0 Å². The molecule has 0 fully saturated rings. The summed E-state index contributed by atoms with van der Waals surface area (Å²) < 4.78 is 27.8. The molecule has 1 amide bonds. The number of nitro groups is 1. The van der Waals surface area contributed by atoms with Crippen molar-refractivity contribution in [3.63, 3.8) is 0 Å². The third kappa shape index (κ3) is 6.37. The van der Waals surface area contributed by atoms with Gasteiger partial charge in [0.2, 0.25) is 10.0 Å². The maximum atomic E-state index is 11.9. The predicted molar refractivity (Wildman–Crippen MR) is 109 cm³/mol. The summed E-state index contributed by atoms with van der Waals surface area (Å²) in [5.74, 6) is -1.57. The number of ether oxygens (including phenoxy) is 1. The van der Waals surface area contributed by atoms with Crippen molar-refractivity contribution in [1.82, 2.24) is 0 Å². The van der Waals surface area contributed by atoms with Crippen molar-refractivity contribution < 1.29 is 27.7 Å². The van der Waals surface area contributed by atoms with Gasteiger partial charge < -0.3 is 10.1 Å². The van der Waals surface area contributed by atoms with Gasteiger partial charge in [-0.2, -0.15) is 0 Å². The van der Waals surface area contributed by atoms with Gasteiger partial charge in [-0.05, 0) is 42.3 Å². The molecule has 0 saturated carbocycles. The monoisotopic (exact) mass is 453 g/mol. The van der Waals surface area contributed by atoms with Crippen LogP contribution in [0.5, 0.6) is 0 Å². The third-order valence-corrected chi connectivity index (χ3v) is 5.08. The molecule has 0 radical (unpaired) electrons. The largest absolute Gasteiger partial charge is 0.452 e. The Labute approximate surface area is 176 Å². The Bertz CT molecular complexity index is 1150. The van der Waals surface area contributed by atoms with Crippen LogP contribution in [0.15, 0.2) is 47.4 Å². The minimum Gasteiger partial charge on any atom is -0.452 e. The number of nitrogens with zero attached hydrogens (tertiary/aromatic N) is 1. The molecule has 158 valence electrons. The smallest absolute Gasteiger partial charge is 0.331 e. The Morgan fingerprint density at radius 1 is 1.27 bits per heavy atom. The first kappa shape index (κ1) is 23.0. The van der Waals surface area contributed by atoms with Gasteiger partial charge >= 0.3 is 5.97 Å². The van der Waals surface area contributed by atoms with Crippen LogP contribution in [0.1, 0.15) is 11.1 Å². The van der Waals surface area contributed by atoms with E-state index in [2.05, 4.69) is 5.32 Å². The molecule has 0 aliphatic carbocycles. The molecule has 0 aliphatic heterocycles. The van der Waals surface area contributed by atoms with Gasteiger partial charge in [0.25, 0.3) is 11.6 Å². The minimum atomic E-state index is -3.96. The maximum Gasteiger partial charge on any atom is 0.331 e. The molecule has 10 nitrogen and oxygen atoms in total. The number of rotatable bonds is 7. The maximum absolute atomic E-state index is 11.9. The van der Waals surface area contributed by atoms with Crippen LogP contribution in [0.25, 0.3) is 6.08 Å². The summed E-state index contributed by atoms with van der Waals surface area (Å²) in [5.41, 5.74) is 0.593. The quantitative estimate of drug-likeness (QED) is 0.281. The van der Waals surface area contributed by atoms with Crippen molar-refractivity contribution in [3.8, 4) is 0 Å². The summed E-state index contributed by atoms with van der Waals surface area (Å²) in [4.78, 5) is 33.7. The van der Waals surface area contributed by atoms with Gasteiger partial charge in [-0.3, -0.25) is 14.9 Å². The number of anilines is 1. The Kier molecular flexibility index (Phi) is 7.27. The number of hydrogen-bond donors (Lipinski definition) is 2. The zero-order valence-corrected chi connectivity index (χ0v) is 17.1. The number of benzene rings is 2. The highest BCUT2D eigenvalue weighted by molar-refractivity contribution is 7.89. The topological polar surface area (TPSA) is 159 Å². The van der Waals surface area contributed by atoms with Crippen LogP contribution in [-0.2, 0) is 24.3 Å². The van der Waals surface area contributed by atoms with E-state index in [1.54, 1.807) is 6.92 Å². The second kappa shape index (κ2) is 9.48. The highest BCUT2D eigenvalue weighted by Gasteiger charge is 2.14. The first-order valence-corrected chi connectivity index (χ1v) is 10.1. The average Bonchev–Trinajstić information content (AvgIpc) is 2.66. The fraction of sp³-hybridized carbons (Fsp3) is 0.111. The van der Waals surface area contributed by atoms with Crippen molar-refractivity contribution in [2.24, 2.45) is 5.14 Å². The van der Waals surface area contributed by atoms with E-state index in [0.29, 0.717) is 11.1 Å². The molecule has 3 N–H and O–H groups in total. The summed E-state index contributed by atoms with van der Waals surface area (Å²) in [6, 6.07) is 8.09. The summed E-state index contributed by atoms with van der Waals surface area (Å²) in [6.45, 7) is 0.914. The van der Waals surface area contributed by atoms with Crippen LogP contribution in [0, 0.1) is 17.0 Å². The number of nitrogens with two attached hydrogens (primary N) is 1. The molecule has 2 aromatic rings. The predicted octanol–water partition coefficient (Wildman–Crippen LogP) is 2.40. The number of sulfonamides is 1. The number of nitro benzene ring substituents is 1. The van der Waals surface area contributed by atoms with E-state index in [9.17, 15) is 28.1 Å². The molecule has 0 spiro atoms. The molecule has 2 aromatic carbocycles. The molecule has 30 heavy (non-hydrogen) atoms. The van der Waals surface area contributed by atoms with Gasteiger partial charge in [-0.25, -0.2) is 18.4 Å². The van der Waals surface area contributed by atoms with Crippen molar-refractivity contribution >= 4 is 51.0 Å². The average molecular weight is 454 g/mol. The van der Waals surface area contributed by atoms with E-state index < -0.39 is 33.4 Å². The summed E-state index contributed by atoms with van der Waals surface area (Å²) in [6.07, 6.45) is 2.26. The zero-order valence-electron chi connectivity index (χ0n) is 15.5. The van der Waals surface area contributed by atoms with Crippen LogP contribution < -0.4 is 10.5 Å². The van der Waals surface area contributed by atoms with Crippen molar-refractivity contribution in [3.05, 3.63) is 68.7 Å². The van der Waals surface area contributed by atoms with E-state index in [1.165, 1.54) is 42.5 Å². The van der Waals surface area contributed by atoms with Crippen LogP contribution in [0.3, 0.4) is 0 Å². The van der Waals surface area contributed by atoms with Gasteiger partial charge in [-0.15, -0.1) is 0 Å². The second-order valence-electron chi connectivity index (χ2n) is 5.98. The summed E-state index contributed by atoms with van der Waals surface area (Å²) in [7, 11) is -3.96.